The highest BCUT2D eigenvalue weighted by molar-refractivity contribution is 5.72. The molecule has 3 rings (SSSR count). The molecule has 2 aromatic carbocycles. The Kier molecular flexibility index (Phi) is 3.67. The Morgan fingerprint density at radius 2 is 1.65 bits per heavy atom. The fraction of sp³-hybridized carbons (Fsp3) is 0.235. The first kappa shape index (κ1) is 12.7. The monoisotopic (exact) mass is 264 g/mol. The van der Waals surface area contributed by atoms with Gasteiger partial charge in [-0.1, -0.05) is 30.3 Å². The first-order valence-corrected chi connectivity index (χ1v) is 6.81. The maximum absolute atomic E-state index is 9.17. The van der Waals surface area contributed by atoms with E-state index in [-0.39, 0.29) is 0 Å². The molecule has 0 spiro atoms. The average molecular weight is 264 g/mol. The predicted molar refractivity (Wildman–Crippen MR) is 79.6 cm³/mol. The van der Waals surface area contributed by atoms with Crippen LogP contribution in [0.25, 0.3) is 11.1 Å². The van der Waals surface area contributed by atoms with Crippen LogP contribution in [0.2, 0.25) is 0 Å². The third kappa shape index (κ3) is 2.52. The van der Waals surface area contributed by atoms with Gasteiger partial charge in [0.2, 0.25) is 0 Å². The molecule has 0 aromatic heterocycles. The highest BCUT2D eigenvalue weighted by atomic mass is 16.5. The highest BCUT2D eigenvalue weighted by Gasteiger charge is 2.11. The summed E-state index contributed by atoms with van der Waals surface area (Å²) in [5.41, 5.74) is 4.00. The summed E-state index contributed by atoms with van der Waals surface area (Å²) in [6.07, 6.45) is 0. The third-order valence-corrected chi connectivity index (χ3v) is 3.60. The number of nitrogens with zero attached hydrogens (tertiary/aromatic N) is 2. The second-order valence-corrected chi connectivity index (χ2v) is 4.80. The van der Waals surface area contributed by atoms with Crippen molar-refractivity contribution in [2.45, 2.75) is 0 Å². The van der Waals surface area contributed by atoms with Crippen molar-refractivity contribution in [3.05, 3.63) is 54.1 Å². The molecule has 0 aliphatic carbocycles. The second-order valence-electron chi connectivity index (χ2n) is 4.80. The fourth-order valence-corrected chi connectivity index (χ4v) is 2.51. The Balaban J connectivity index is 1.87. The van der Waals surface area contributed by atoms with Crippen LogP contribution in [-0.2, 0) is 4.74 Å². The summed E-state index contributed by atoms with van der Waals surface area (Å²) in [6.45, 7) is 3.46. The van der Waals surface area contributed by atoms with Crippen LogP contribution in [0.5, 0.6) is 0 Å². The molecular formula is C17H16N2O. The Morgan fingerprint density at radius 1 is 0.950 bits per heavy atom. The maximum atomic E-state index is 9.17. The Hall–Kier alpha value is -2.31. The minimum atomic E-state index is 0.714. The molecule has 0 radical (unpaired) electrons. The highest BCUT2D eigenvalue weighted by Crippen LogP contribution is 2.26. The van der Waals surface area contributed by atoms with Crippen molar-refractivity contribution >= 4 is 5.69 Å². The number of morpholine rings is 1. The van der Waals surface area contributed by atoms with Gasteiger partial charge in [-0.15, -0.1) is 0 Å². The molecule has 100 valence electrons. The fourth-order valence-electron chi connectivity index (χ4n) is 2.51. The van der Waals surface area contributed by atoms with Crippen molar-refractivity contribution < 1.29 is 4.74 Å². The molecule has 0 bridgehead atoms. The van der Waals surface area contributed by atoms with E-state index in [1.807, 2.05) is 24.3 Å². The SMILES string of the molecule is N#Cc1ccccc1-c1ccc(N2CCOCC2)cc1. The van der Waals surface area contributed by atoms with Crippen molar-refractivity contribution in [3.8, 4) is 17.2 Å². The first-order valence-electron chi connectivity index (χ1n) is 6.81. The van der Waals surface area contributed by atoms with Crippen LogP contribution in [-0.4, -0.2) is 26.3 Å². The zero-order chi connectivity index (χ0) is 13.8. The third-order valence-electron chi connectivity index (χ3n) is 3.60. The Bertz CT molecular complexity index is 622. The molecule has 3 heteroatoms. The number of anilines is 1. The van der Waals surface area contributed by atoms with Crippen LogP contribution in [0.1, 0.15) is 5.56 Å². The largest absolute Gasteiger partial charge is 0.378 e. The van der Waals surface area contributed by atoms with E-state index in [1.54, 1.807) is 0 Å². The van der Waals surface area contributed by atoms with Gasteiger partial charge in [-0.2, -0.15) is 5.26 Å². The van der Waals surface area contributed by atoms with E-state index in [9.17, 15) is 0 Å². The second kappa shape index (κ2) is 5.77. The predicted octanol–water partition coefficient (Wildman–Crippen LogP) is 3.06. The molecule has 3 nitrogen and oxygen atoms in total. The van der Waals surface area contributed by atoms with Crippen molar-refractivity contribution in [1.82, 2.24) is 0 Å². The standard InChI is InChI=1S/C17H16N2O/c18-13-15-3-1-2-4-17(15)14-5-7-16(8-6-14)19-9-11-20-12-10-19/h1-8H,9-12H2. The van der Waals surface area contributed by atoms with E-state index in [0.717, 1.165) is 37.4 Å². The summed E-state index contributed by atoms with van der Waals surface area (Å²) < 4.78 is 5.37. The molecule has 1 aliphatic heterocycles. The van der Waals surface area contributed by atoms with E-state index in [2.05, 4.69) is 35.2 Å². The average Bonchev–Trinajstić information content (AvgIpc) is 2.56. The topological polar surface area (TPSA) is 36.3 Å². The summed E-state index contributed by atoms with van der Waals surface area (Å²) in [5.74, 6) is 0. The number of hydrogen-bond donors (Lipinski definition) is 0. The quantitative estimate of drug-likeness (QED) is 0.836. The van der Waals surface area contributed by atoms with E-state index < -0.39 is 0 Å². The van der Waals surface area contributed by atoms with Gasteiger partial charge in [0.1, 0.15) is 0 Å². The molecule has 0 saturated carbocycles. The van der Waals surface area contributed by atoms with Crippen LogP contribution >= 0.6 is 0 Å². The molecule has 1 heterocycles. The van der Waals surface area contributed by atoms with Gasteiger partial charge in [-0.3, -0.25) is 0 Å². The molecule has 1 fully saturated rings. The lowest BCUT2D eigenvalue weighted by Crippen LogP contribution is -2.36. The smallest absolute Gasteiger partial charge is 0.0998 e. The van der Waals surface area contributed by atoms with Crippen molar-refractivity contribution in [3.63, 3.8) is 0 Å². The molecule has 2 aromatic rings. The van der Waals surface area contributed by atoms with E-state index >= 15 is 0 Å². The Labute approximate surface area is 119 Å². The minimum absolute atomic E-state index is 0.714. The Morgan fingerprint density at radius 3 is 2.35 bits per heavy atom. The maximum Gasteiger partial charge on any atom is 0.0998 e. The van der Waals surface area contributed by atoms with Crippen molar-refractivity contribution in [2.75, 3.05) is 31.2 Å². The minimum Gasteiger partial charge on any atom is -0.378 e. The van der Waals surface area contributed by atoms with Gasteiger partial charge in [0.25, 0.3) is 0 Å². The molecule has 0 amide bonds. The first-order chi connectivity index (χ1) is 9.88. The number of ether oxygens (including phenoxy) is 1. The molecule has 0 N–H and O–H groups in total. The van der Waals surface area contributed by atoms with Crippen molar-refractivity contribution in [1.29, 1.82) is 5.26 Å². The van der Waals surface area contributed by atoms with Gasteiger partial charge >= 0.3 is 0 Å². The van der Waals surface area contributed by atoms with Crippen molar-refractivity contribution in [2.24, 2.45) is 0 Å². The van der Waals surface area contributed by atoms with Gasteiger partial charge in [-0.25, -0.2) is 0 Å². The lowest BCUT2D eigenvalue weighted by molar-refractivity contribution is 0.122. The van der Waals surface area contributed by atoms with Gasteiger partial charge in [0, 0.05) is 18.8 Å². The molecule has 1 aliphatic rings. The van der Waals surface area contributed by atoms with Crippen LogP contribution < -0.4 is 4.90 Å². The van der Waals surface area contributed by atoms with Crippen LogP contribution in [0.15, 0.2) is 48.5 Å². The van der Waals surface area contributed by atoms with Crippen LogP contribution in [0.3, 0.4) is 0 Å². The van der Waals surface area contributed by atoms with Gasteiger partial charge < -0.3 is 9.64 Å². The summed E-state index contributed by atoms with van der Waals surface area (Å²) in [4.78, 5) is 2.32. The van der Waals surface area contributed by atoms with Gasteiger partial charge in [-0.05, 0) is 29.3 Å². The number of nitriles is 1. The van der Waals surface area contributed by atoms with E-state index in [4.69, 9.17) is 10.00 Å². The number of hydrogen-bond acceptors (Lipinski definition) is 3. The van der Waals surface area contributed by atoms with Crippen LogP contribution in [0, 0.1) is 11.3 Å². The normalized spacial score (nSPS) is 14.8. The summed E-state index contributed by atoms with van der Waals surface area (Å²) in [5, 5.41) is 9.17. The lowest BCUT2D eigenvalue weighted by atomic mass is 10.00. The number of rotatable bonds is 2. The van der Waals surface area contributed by atoms with E-state index in [0.29, 0.717) is 5.56 Å². The molecular weight excluding hydrogens is 248 g/mol. The number of benzene rings is 2. The van der Waals surface area contributed by atoms with E-state index in [1.165, 1.54) is 5.69 Å². The zero-order valence-electron chi connectivity index (χ0n) is 11.2. The summed E-state index contributed by atoms with van der Waals surface area (Å²) >= 11 is 0. The molecule has 0 unspecified atom stereocenters. The molecule has 1 saturated heterocycles. The lowest BCUT2D eigenvalue weighted by Gasteiger charge is -2.28. The summed E-state index contributed by atoms with van der Waals surface area (Å²) in [7, 11) is 0. The summed E-state index contributed by atoms with van der Waals surface area (Å²) in [6, 6.07) is 18.4. The zero-order valence-corrected chi connectivity index (χ0v) is 11.2. The van der Waals surface area contributed by atoms with Gasteiger partial charge in [0.15, 0.2) is 0 Å². The molecule has 20 heavy (non-hydrogen) atoms. The molecule has 0 atom stereocenters. The van der Waals surface area contributed by atoms with Gasteiger partial charge in [0.05, 0.1) is 24.8 Å². The van der Waals surface area contributed by atoms with Crippen LogP contribution in [0.4, 0.5) is 5.69 Å².